The van der Waals surface area contributed by atoms with Gasteiger partial charge in [0.25, 0.3) is 0 Å². The standard InChI is InChI=1S/C70H69BN2/c1-42-31-58-57-38-49(48-36-52(69(9,10)11)41-53(37-48)70(12,13)14)40-63-64(57)71(73-65-56-24-16-15-23-55(56)43(2)33-60(65)59(32-42)66(58)73)61-39-47(46-20-18-22-51(35-46)68(6,7)8)27-30-62(61)72(63)54-28-25-44(26-29-54)45-19-17-21-50(34-45)67(3,4)5/h15-41H,1-14H3. The molecule has 0 N–H and O–H groups in total. The molecule has 2 aliphatic rings. The maximum absolute atomic E-state index is 2.77. The molecule has 0 fully saturated rings. The molecule has 12 rings (SSSR count). The van der Waals surface area contributed by atoms with Crippen LogP contribution in [0.5, 0.6) is 0 Å². The summed E-state index contributed by atoms with van der Waals surface area (Å²) in [6, 6.07) is 64.1. The van der Waals surface area contributed by atoms with Gasteiger partial charge >= 0.3 is 6.85 Å². The molecule has 0 atom stereocenters. The Bertz CT molecular complexity index is 3880. The van der Waals surface area contributed by atoms with Crippen LogP contribution in [0.1, 0.15) is 116 Å². The molecule has 0 amide bonds. The van der Waals surface area contributed by atoms with E-state index in [1.807, 2.05) is 0 Å². The zero-order valence-electron chi connectivity index (χ0n) is 45.6. The molecule has 10 aromatic rings. The van der Waals surface area contributed by atoms with Crippen molar-refractivity contribution in [2.75, 3.05) is 4.90 Å². The van der Waals surface area contributed by atoms with E-state index in [-0.39, 0.29) is 28.5 Å². The van der Waals surface area contributed by atoms with Crippen molar-refractivity contribution in [1.82, 2.24) is 4.48 Å². The van der Waals surface area contributed by atoms with Crippen molar-refractivity contribution in [3.05, 3.63) is 197 Å². The third-order valence-corrected chi connectivity index (χ3v) is 16.3. The molecular formula is C70H69BN2. The Balaban J connectivity index is 1.21. The zero-order chi connectivity index (χ0) is 51.3. The van der Waals surface area contributed by atoms with E-state index in [9.17, 15) is 0 Å². The van der Waals surface area contributed by atoms with E-state index < -0.39 is 0 Å². The largest absolute Gasteiger partial charge is 0.375 e. The molecule has 2 nitrogen and oxygen atoms in total. The van der Waals surface area contributed by atoms with E-state index >= 15 is 0 Å². The summed E-state index contributed by atoms with van der Waals surface area (Å²) in [5.74, 6) is 0. The number of hydrogen-bond donors (Lipinski definition) is 0. The molecule has 0 aliphatic carbocycles. The maximum atomic E-state index is 2.77. The van der Waals surface area contributed by atoms with Crippen LogP contribution in [0.15, 0.2) is 164 Å². The summed E-state index contributed by atoms with van der Waals surface area (Å²) in [7, 11) is 0. The van der Waals surface area contributed by atoms with Crippen LogP contribution < -0.4 is 15.8 Å². The minimum atomic E-state index is -0.108. The highest BCUT2D eigenvalue weighted by atomic mass is 15.2. The molecule has 0 unspecified atom stereocenters. The van der Waals surface area contributed by atoms with Crippen molar-refractivity contribution in [3.8, 4) is 44.5 Å². The molecular weight excluding hydrogens is 880 g/mol. The second-order valence-corrected chi connectivity index (χ2v) is 25.7. The van der Waals surface area contributed by atoms with Crippen LogP contribution in [-0.2, 0) is 21.7 Å². The van der Waals surface area contributed by atoms with E-state index in [0.29, 0.717) is 0 Å². The number of benzene rings is 9. The maximum Gasteiger partial charge on any atom is 0.333 e. The van der Waals surface area contributed by atoms with Crippen LogP contribution in [-0.4, -0.2) is 11.3 Å². The lowest BCUT2D eigenvalue weighted by Gasteiger charge is -2.41. The van der Waals surface area contributed by atoms with E-state index in [1.54, 1.807) is 0 Å². The van der Waals surface area contributed by atoms with Gasteiger partial charge in [-0.15, -0.1) is 0 Å². The third-order valence-electron chi connectivity index (χ3n) is 16.3. The Morgan fingerprint density at radius 3 is 1.51 bits per heavy atom. The fourth-order valence-corrected chi connectivity index (χ4v) is 12.1. The highest BCUT2D eigenvalue weighted by molar-refractivity contribution is 6.90. The molecule has 0 saturated heterocycles. The molecule has 0 radical (unpaired) electrons. The summed E-state index contributed by atoms with van der Waals surface area (Å²) in [5.41, 5.74) is 26.9. The number of fused-ring (bicyclic) bond motifs is 9. The molecule has 1 aromatic heterocycles. The van der Waals surface area contributed by atoms with Gasteiger partial charge in [-0.25, -0.2) is 0 Å². The average Bonchev–Trinajstić information content (AvgIpc) is 3.69. The monoisotopic (exact) mass is 949 g/mol. The van der Waals surface area contributed by atoms with Crippen molar-refractivity contribution >= 4 is 67.4 Å². The fraction of sp³-hybridized carbons (Fsp3) is 0.257. The Labute approximate surface area is 434 Å². The minimum absolute atomic E-state index is 0.0207. The third kappa shape index (κ3) is 7.68. The molecule has 0 bridgehead atoms. The van der Waals surface area contributed by atoms with Crippen molar-refractivity contribution in [3.63, 3.8) is 0 Å². The Kier molecular flexibility index (Phi) is 10.4. The van der Waals surface area contributed by atoms with Gasteiger partial charge in [0.15, 0.2) is 0 Å². The Hall–Kier alpha value is -7.10. The van der Waals surface area contributed by atoms with Gasteiger partial charge in [0.2, 0.25) is 0 Å². The highest BCUT2D eigenvalue weighted by Crippen LogP contribution is 2.50. The van der Waals surface area contributed by atoms with Crippen molar-refractivity contribution < 1.29 is 0 Å². The second kappa shape index (κ2) is 16.2. The van der Waals surface area contributed by atoms with Crippen molar-refractivity contribution in [2.45, 2.75) is 119 Å². The molecule has 3 heterocycles. The predicted octanol–water partition coefficient (Wildman–Crippen LogP) is 18.2. The number of hydrogen-bond acceptors (Lipinski definition) is 1. The minimum Gasteiger partial charge on any atom is -0.375 e. The highest BCUT2D eigenvalue weighted by Gasteiger charge is 2.44. The average molecular weight is 949 g/mol. The van der Waals surface area contributed by atoms with Gasteiger partial charge in [0.1, 0.15) is 0 Å². The first-order valence-corrected chi connectivity index (χ1v) is 26.6. The van der Waals surface area contributed by atoms with Gasteiger partial charge in [-0.2, -0.15) is 0 Å². The fourth-order valence-electron chi connectivity index (χ4n) is 12.1. The van der Waals surface area contributed by atoms with E-state index in [4.69, 9.17) is 0 Å². The van der Waals surface area contributed by atoms with Crippen LogP contribution in [0, 0.1) is 13.8 Å². The first-order chi connectivity index (χ1) is 34.5. The lowest BCUT2D eigenvalue weighted by Crippen LogP contribution is -2.56. The molecule has 0 saturated carbocycles. The normalized spacial score (nSPS) is 13.6. The molecule has 3 heteroatoms. The topological polar surface area (TPSA) is 8.17 Å². The number of anilines is 3. The Morgan fingerprint density at radius 2 is 0.890 bits per heavy atom. The van der Waals surface area contributed by atoms with Crippen LogP contribution >= 0.6 is 0 Å². The summed E-state index contributed by atoms with van der Waals surface area (Å²) in [4.78, 5) is 2.60. The smallest absolute Gasteiger partial charge is 0.333 e. The van der Waals surface area contributed by atoms with Crippen LogP contribution in [0.2, 0.25) is 0 Å². The van der Waals surface area contributed by atoms with E-state index in [2.05, 4.69) is 270 Å². The number of aromatic nitrogens is 1. The molecule has 0 spiro atoms. The quantitative estimate of drug-likeness (QED) is 0.160. The SMILES string of the molecule is Cc1cc2c3c(c1)c1cc(C)c4ccccc4c1n3B1c3cc(-c4cccc(C(C)(C)C)c4)ccc3N(c3ccc(-c4cccc(C(C)(C)C)c4)cc3)c3cc(-c4cc(C(C)(C)C)cc(C(C)(C)C)c4)cc-2c31. The van der Waals surface area contributed by atoms with Crippen LogP contribution in [0.4, 0.5) is 17.1 Å². The van der Waals surface area contributed by atoms with Crippen LogP contribution in [0.25, 0.3) is 77.1 Å². The van der Waals surface area contributed by atoms with E-state index in [0.717, 1.165) is 5.69 Å². The van der Waals surface area contributed by atoms with Crippen molar-refractivity contribution in [1.29, 1.82) is 0 Å². The second-order valence-electron chi connectivity index (χ2n) is 25.7. The lowest BCUT2D eigenvalue weighted by atomic mass is 9.44. The predicted molar refractivity (Wildman–Crippen MR) is 318 cm³/mol. The summed E-state index contributed by atoms with van der Waals surface area (Å²) < 4.78 is 2.77. The first kappa shape index (κ1) is 46.9. The van der Waals surface area contributed by atoms with Gasteiger partial charge < -0.3 is 9.38 Å². The summed E-state index contributed by atoms with van der Waals surface area (Å²) >= 11 is 0. The van der Waals surface area contributed by atoms with Gasteiger partial charge in [-0.1, -0.05) is 198 Å². The summed E-state index contributed by atoms with van der Waals surface area (Å²) in [6.07, 6.45) is 0. The van der Waals surface area contributed by atoms with Gasteiger partial charge in [0.05, 0.1) is 0 Å². The van der Waals surface area contributed by atoms with Crippen LogP contribution in [0.3, 0.4) is 0 Å². The van der Waals surface area contributed by atoms with Gasteiger partial charge in [-0.3, -0.25) is 0 Å². The number of rotatable bonds is 4. The summed E-state index contributed by atoms with van der Waals surface area (Å²) in [5, 5.41) is 5.25. The number of aryl methyl sites for hydroxylation is 2. The Morgan fingerprint density at radius 1 is 0.356 bits per heavy atom. The first-order valence-electron chi connectivity index (χ1n) is 26.6. The number of nitrogens with zero attached hydrogens (tertiary/aromatic N) is 2. The van der Waals surface area contributed by atoms with Gasteiger partial charge in [0, 0.05) is 49.8 Å². The molecule has 9 aromatic carbocycles. The summed E-state index contributed by atoms with van der Waals surface area (Å²) in [6.45, 7) is 32.4. The zero-order valence-corrected chi connectivity index (χ0v) is 45.6. The van der Waals surface area contributed by atoms with Crippen molar-refractivity contribution in [2.24, 2.45) is 0 Å². The van der Waals surface area contributed by atoms with E-state index in [1.165, 1.54) is 133 Å². The van der Waals surface area contributed by atoms with Gasteiger partial charge in [-0.05, 0) is 173 Å². The molecule has 362 valence electrons. The lowest BCUT2D eigenvalue weighted by molar-refractivity contribution is 0.569. The molecule has 73 heavy (non-hydrogen) atoms. The molecule has 2 aliphatic heterocycles.